The molecule has 1 aromatic rings. The van der Waals surface area contributed by atoms with Gasteiger partial charge in [-0.1, -0.05) is 13.8 Å². The van der Waals surface area contributed by atoms with Crippen LogP contribution in [0.4, 0.5) is 11.4 Å². The first kappa shape index (κ1) is 13.3. The maximum atomic E-state index is 5.78. The van der Waals surface area contributed by atoms with Crippen LogP contribution in [0.25, 0.3) is 0 Å². The number of hydrogen-bond donors (Lipinski definition) is 1. The summed E-state index contributed by atoms with van der Waals surface area (Å²) >= 11 is 0. The number of rotatable bonds is 4. The zero-order chi connectivity index (χ0) is 13.0. The van der Waals surface area contributed by atoms with Crippen molar-refractivity contribution < 1.29 is 0 Å². The Bertz CT molecular complexity index is 350. The van der Waals surface area contributed by atoms with E-state index in [1.807, 2.05) is 12.1 Å². The standard InChI is InChI=1S/C16H26N2/c1-3-12-18(15-8-4-13(2)5-9-15)16-10-6-14(17)7-11-16/h6-7,10-11,13,15H,3-5,8-9,12,17H2,1-2H3. The van der Waals surface area contributed by atoms with Crippen LogP contribution in [0.3, 0.4) is 0 Å². The summed E-state index contributed by atoms with van der Waals surface area (Å²) in [5.41, 5.74) is 7.97. The van der Waals surface area contributed by atoms with Crippen molar-refractivity contribution in [3.05, 3.63) is 24.3 Å². The summed E-state index contributed by atoms with van der Waals surface area (Å²) in [5, 5.41) is 0. The van der Waals surface area contributed by atoms with Gasteiger partial charge in [0.05, 0.1) is 0 Å². The van der Waals surface area contributed by atoms with Crippen molar-refractivity contribution in [2.24, 2.45) is 5.92 Å². The van der Waals surface area contributed by atoms with Crippen molar-refractivity contribution in [2.45, 2.75) is 52.0 Å². The summed E-state index contributed by atoms with van der Waals surface area (Å²) in [6.45, 7) is 5.79. The Morgan fingerprint density at radius 2 is 1.72 bits per heavy atom. The fourth-order valence-electron chi connectivity index (χ4n) is 2.98. The molecule has 0 aromatic heterocycles. The Balaban J connectivity index is 2.09. The van der Waals surface area contributed by atoms with Crippen molar-refractivity contribution in [3.63, 3.8) is 0 Å². The molecule has 0 amide bonds. The number of nitrogen functional groups attached to an aromatic ring is 1. The van der Waals surface area contributed by atoms with Gasteiger partial charge in [-0.25, -0.2) is 0 Å². The van der Waals surface area contributed by atoms with E-state index in [4.69, 9.17) is 5.73 Å². The molecule has 100 valence electrons. The molecule has 0 bridgehead atoms. The van der Waals surface area contributed by atoms with E-state index < -0.39 is 0 Å². The third-order valence-corrected chi connectivity index (χ3v) is 4.12. The third kappa shape index (κ3) is 3.18. The molecule has 0 radical (unpaired) electrons. The molecule has 0 spiro atoms. The smallest absolute Gasteiger partial charge is 0.0370 e. The van der Waals surface area contributed by atoms with Crippen LogP contribution in [0.15, 0.2) is 24.3 Å². The molecule has 1 aromatic carbocycles. The van der Waals surface area contributed by atoms with E-state index >= 15 is 0 Å². The van der Waals surface area contributed by atoms with Gasteiger partial charge in [0.1, 0.15) is 0 Å². The second-order valence-electron chi connectivity index (χ2n) is 5.70. The van der Waals surface area contributed by atoms with Crippen molar-refractivity contribution in [2.75, 3.05) is 17.2 Å². The highest BCUT2D eigenvalue weighted by molar-refractivity contribution is 5.53. The first-order valence-corrected chi connectivity index (χ1v) is 7.33. The van der Waals surface area contributed by atoms with E-state index in [-0.39, 0.29) is 0 Å². The summed E-state index contributed by atoms with van der Waals surface area (Å²) in [6, 6.07) is 9.10. The maximum Gasteiger partial charge on any atom is 0.0370 e. The highest BCUT2D eigenvalue weighted by Gasteiger charge is 2.23. The van der Waals surface area contributed by atoms with Gasteiger partial charge in [0.2, 0.25) is 0 Å². The first-order valence-electron chi connectivity index (χ1n) is 7.33. The topological polar surface area (TPSA) is 29.3 Å². The lowest BCUT2D eigenvalue weighted by molar-refractivity contribution is 0.334. The molecule has 1 saturated carbocycles. The molecule has 1 fully saturated rings. The van der Waals surface area contributed by atoms with E-state index in [2.05, 4.69) is 30.9 Å². The van der Waals surface area contributed by atoms with Gasteiger partial charge in [-0.2, -0.15) is 0 Å². The van der Waals surface area contributed by atoms with Crippen LogP contribution in [0.5, 0.6) is 0 Å². The Kier molecular flexibility index (Phi) is 4.51. The molecule has 0 heterocycles. The largest absolute Gasteiger partial charge is 0.399 e. The monoisotopic (exact) mass is 246 g/mol. The lowest BCUT2D eigenvalue weighted by Crippen LogP contribution is -2.38. The minimum atomic E-state index is 0.727. The second kappa shape index (κ2) is 6.12. The Labute approximate surface area is 111 Å². The Hall–Kier alpha value is -1.18. The van der Waals surface area contributed by atoms with Gasteiger partial charge in [0.15, 0.2) is 0 Å². The summed E-state index contributed by atoms with van der Waals surface area (Å²) < 4.78 is 0. The summed E-state index contributed by atoms with van der Waals surface area (Å²) in [7, 11) is 0. The molecule has 0 unspecified atom stereocenters. The van der Waals surface area contributed by atoms with Gasteiger partial charge in [-0.3, -0.25) is 0 Å². The molecule has 2 nitrogen and oxygen atoms in total. The average molecular weight is 246 g/mol. The molecule has 2 N–H and O–H groups in total. The van der Waals surface area contributed by atoms with E-state index in [9.17, 15) is 0 Å². The van der Waals surface area contributed by atoms with Crippen molar-refractivity contribution >= 4 is 11.4 Å². The van der Waals surface area contributed by atoms with Crippen LogP contribution in [0.2, 0.25) is 0 Å². The van der Waals surface area contributed by atoms with E-state index in [0.29, 0.717) is 0 Å². The molecule has 2 rings (SSSR count). The van der Waals surface area contributed by atoms with E-state index in [1.54, 1.807) is 0 Å². The molecule has 1 aliphatic carbocycles. The fraction of sp³-hybridized carbons (Fsp3) is 0.625. The minimum Gasteiger partial charge on any atom is -0.399 e. The first-order chi connectivity index (χ1) is 8.70. The molecule has 2 heteroatoms. The van der Waals surface area contributed by atoms with Crippen LogP contribution in [-0.4, -0.2) is 12.6 Å². The number of nitrogens with zero attached hydrogens (tertiary/aromatic N) is 1. The minimum absolute atomic E-state index is 0.727. The number of hydrogen-bond acceptors (Lipinski definition) is 2. The fourth-order valence-corrected chi connectivity index (χ4v) is 2.98. The molecule has 0 atom stereocenters. The van der Waals surface area contributed by atoms with Crippen LogP contribution in [-0.2, 0) is 0 Å². The average Bonchev–Trinajstić information content (AvgIpc) is 2.39. The van der Waals surface area contributed by atoms with Gasteiger partial charge < -0.3 is 10.6 Å². The van der Waals surface area contributed by atoms with Crippen molar-refractivity contribution in [1.29, 1.82) is 0 Å². The van der Waals surface area contributed by atoms with E-state index in [1.165, 1.54) is 37.8 Å². The van der Waals surface area contributed by atoms with Gasteiger partial charge >= 0.3 is 0 Å². The molecule has 1 aliphatic rings. The van der Waals surface area contributed by atoms with Crippen molar-refractivity contribution in [1.82, 2.24) is 0 Å². The molecular formula is C16H26N2. The number of nitrogens with two attached hydrogens (primary N) is 1. The second-order valence-corrected chi connectivity index (χ2v) is 5.70. The van der Waals surface area contributed by atoms with Crippen LogP contribution in [0, 0.1) is 5.92 Å². The van der Waals surface area contributed by atoms with Gasteiger partial charge in [-0.05, 0) is 62.3 Å². The lowest BCUT2D eigenvalue weighted by atomic mass is 9.86. The van der Waals surface area contributed by atoms with Crippen LogP contribution < -0.4 is 10.6 Å². The van der Waals surface area contributed by atoms with E-state index in [0.717, 1.165) is 24.2 Å². The molecule has 18 heavy (non-hydrogen) atoms. The number of anilines is 2. The zero-order valence-corrected chi connectivity index (χ0v) is 11.7. The molecule has 0 aliphatic heterocycles. The van der Waals surface area contributed by atoms with Gasteiger partial charge in [0, 0.05) is 24.0 Å². The van der Waals surface area contributed by atoms with Crippen molar-refractivity contribution in [3.8, 4) is 0 Å². The Morgan fingerprint density at radius 3 is 2.28 bits per heavy atom. The Morgan fingerprint density at radius 1 is 1.11 bits per heavy atom. The number of benzene rings is 1. The predicted octanol–water partition coefficient (Wildman–Crippen LogP) is 4.06. The quantitative estimate of drug-likeness (QED) is 0.812. The highest BCUT2D eigenvalue weighted by atomic mass is 15.2. The maximum absolute atomic E-state index is 5.78. The van der Waals surface area contributed by atoms with Gasteiger partial charge in [-0.15, -0.1) is 0 Å². The third-order valence-electron chi connectivity index (χ3n) is 4.12. The SMILES string of the molecule is CCCN(c1ccc(N)cc1)C1CCC(C)CC1. The highest BCUT2D eigenvalue weighted by Crippen LogP contribution is 2.30. The molecular weight excluding hydrogens is 220 g/mol. The lowest BCUT2D eigenvalue weighted by Gasteiger charge is -2.37. The normalized spacial score (nSPS) is 23.9. The van der Waals surface area contributed by atoms with Gasteiger partial charge in [0.25, 0.3) is 0 Å². The summed E-state index contributed by atoms with van der Waals surface area (Å²) in [5.74, 6) is 0.913. The predicted molar refractivity (Wildman–Crippen MR) is 79.9 cm³/mol. The van der Waals surface area contributed by atoms with Crippen LogP contribution >= 0.6 is 0 Å². The molecule has 0 saturated heterocycles. The summed E-state index contributed by atoms with van der Waals surface area (Å²) in [4.78, 5) is 2.59. The summed E-state index contributed by atoms with van der Waals surface area (Å²) in [6.07, 6.45) is 6.63. The van der Waals surface area contributed by atoms with Crippen LogP contribution in [0.1, 0.15) is 46.0 Å². The zero-order valence-electron chi connectivity index (χ0n) is 11.7.